The molecular formula is C12H26N4. The molecule has 2 atom stereocenters. The Kier molecular flexibility index (Phi) is 5.60. The summed E-state index contributed by atoms with van der Waals surface area (Å²) in [6, 6.07) is 0.523. The van der Waals surface area contributed by atoms with Crippen LogP contribution in [0.4, 0.5) is 0 Å². The summed E-state index contributed by atoms with van der Waals surface area (Å²) in [5, 5.41) is 3.45. The van der Waals surface area contributed by atoms with Gasteiger partial charge in [-0.3, -0.25) is 10.4 Å². The largest absolute Gasteiger partial charge is 0.352 e. The van der Waals surface area contributed by atoms with Gasteiger partial charge in [-0.1, -0.05) is 26.7 Å². The van der Waals surface area contributed by atoms with Crippen LogP contribution in [-0.2, 0) is 0 Å². The number of nitrogens with one attached hydrogen (secondary N) is 2. The molecule has 1 aliphatic carbocycles. The van der Waals surface area contributed by atoms with Gasteiger partial charge in [0.25, 0.3) is 0 Å². The highest BCUT2D eigenvalue weighted by atomic mass is 15.3. The minimum atomic E-state index is 0.523. The molecule has 0 aromatic heterocycles. The first kappa shape index (κ1) is 13.3. The second-order valence-electron chi connectivity index (χ2n) is 4.91. The van der Waals surface area contributed by atoms with Gasteiger partial charge in [-0.05, 0) is 31.6 Å². The Labute approximate surface area is 99.1 Å². The predicted octanol–water partition coefficient (Wildman–Crippen LogP) is 1.63. The van der Waals surface area contributed by atoms with Gasteiger partial charge >= 0.3 is 0 Å². The highest BCUT2D eigenvalue weighted by Gasteiger charge is 2.27. The quantitative estimate of drug-likeness (QED) is 0.297. The van der Waals surface area contributed by atoms with Crippen LogP contribution in [0.5, 0.6) is 0 Å². The van der Waals surface area contributed by atoms with Crippen molar-refractivity contribution >= 4 is 5.96 Å². The van der Waals surface area contributed by atoms with Crippen LogP contribution in [0.15, 0.2) is 4.99 Å². The van der Waals surface area contributed by atoms with Gasteiger partial charge in [-0.15, -0.1) is 0 Å². The van der Waals surface area contributed by atoms with Crippen LogP contribution in [-0.4, -0.2) is 18.5 Å². The summed E-state index contributed by atoms with van der Waals surface area (Å²) >= 11 is 0. The molecule has 0 saturated heterocycles. The fourth-order valence-electron chi connectivity index (χ4n) is 2.60. The summed E-state index contributed by atoms with van der Waals surface area (Å²) in [6.07, 6.45) is 5.22. The normalized spacial score (nSPS) is 26.9. The standard InChI is InChI=1S/C12H26N4/c1-4-14-12(16-13)15-11-8-6-5-7-10(11)9(2)3/h9-11H,4-8,13H2,1-3H3,(H2,14,15,16). The molecule has 1 rings (SSSR count). The second kappa shape index (κ2) is 6.74. The van der Waals surface area contributed by atoms with Gasteiger partial charge < -0.3 is 5.32 Å². The lowest BCUT2D eigenvalue weighted by molar-refractivity contribution is 0.223. The van der Waals surface area contributed by atoms with E-state index in [1.165, 1.54) is 25.7 Å². The molecule has 1 aliphatic rings. The maximum atomic E-state index is 5.45. The third-order valence-electron chi connectivity index (χ3n) is 3.45. The molecular weight excluding hydrogens is 200 g/mol. The predicted molar refractivity (Wildman–Crippen MR) is 69.0 cm³/mol. The van der Waals surface area contributed by atoms with E-state index in [1.807, 2.05) is 6.92 Å². The monoisotopic (exact) mass is 226 g/mol. The van der Waals surface area contributed by atoms with Crippen molar-refractivity contribution in [2.75, 3.05) is 6.54 Å². The van der Waals surface area contributed by atoms with Crippen molar-refractivity contribution in [3.05, 3.63) is 0 Å². The van der Waals surface area contributed by atoms with E-state index in [9.17, 15) is 0 Å². The minimum Gasteiger partial charge on any atom is -0.352 e. The number of hydrogen-bond acceptors (Lipinski definition) is 2. The molecule has 94 valence electrons. The van der Waals surface area contributed by atoms with Crippen molar-refractivity contribution in [2.45, 2.75) is 52.5 Å². The van der Waals surface area contributed by atoms with Crippen LogP contribution < -0.4 is 16.6 Å². The zero-order chi connectivity index (χ0) is 12.0. The summed E-state index contributed by atoms with van der Waals surface area (Å²) in [7, 11) is 0. The summed E-state index contributed by atoms with van der Waals surface area (Å²) < 4.78 is 0. The molecule has 0 radical (unpaired) electrons. The first-order chi connectivity index (χ1) is 7.69. The molecule has 1 saturated carbocycles. The van der Waals surface area contributed by atoms with Gasteiger partial charge in [-0.25, -0.2) is 5.84 Å². The Hall–Kier alpha value is -0.770. The molecule has 0 heterocycles. The fraction of sp³-hybridized carbons (Fsp3) is 0.917. The highest BCUT2D eigenvalue weighted by molar-refractivity contribution is 5.79. The minimum absolute atomic E-state index is 0.523. The number of nitrogens with two attached hydrogens (primary N) is 1. The molecule has 0 aromatic rings. The van der Waals surface area contributed by atoms with Crippen molar-refractivity contribution in [2.24, 2.45) is 22.7 Å². The van der Waals surface area contributed by atoms with E-state index in [0.29, 0.717) is 6.04 Å². The molecule has 4 N–H and O–H groups in total. The van der Waals surface area contributed by atoms with Crippen molar-refractivity contribution in [3.63, 3.8) is 0 Å². The maximum Gasteiger partial charge on any atom is 0.205 e. The number of rotatable bonds is 3. The Morgan fingerprint density at radius 3 is 2.62 bits per heavy atom. The number of hydrogen-bond donors (Lipinski definition) is 3. The number of nitrogens with zero attached hydrogens (tertiary/aromatic N) is 1. The zero-order valence-corrected chi connectivity index (χ0v) is 10.8. The van der Waals surface area contributed by atoms with Crippen LogP contribution in [0.25, 0.3) is 0 Å². The van der Waals surface area contributed by atoms with Gasteiger partial charge in [0, 0.05) is 12.6 Å². The zero-order valence-electron chi connectivity index (χ0n) is 10.8. The Morgan fingerprint density at radius 1 is 1.38 bits per heavy atom. The number of guanidine groups is 1. The molecule has 16 heavy (non-hydrogen) atoms. The van der Waals surface area contributed by atoms with Gasteiger partial charge in [0.2, 0.25) is 5.96 Å². The van der Waals surface area contributed by atoms with Crippen LogP contribution in [0.2, 0.25) is 0 Å². The van der Waals surface area contributed by atoms with Crippen molar-refractivity contribution in [1.29, 1.82) is 0 Å². The molecule has 4 nitrogen and oxygen atoms in total. The molecule has 0 amide bonds. The SMILES string of the molecule is CCN=C(NN)NC1CCCCC1C(C)C. The summed E-state index contributed by atoms with van der Waals surface area (Å²) in [4.78, 5) is 4.30. The molecule has 4 heteroatoms. The maximum absolute atomic E-state index is 5.45. The highest BCUT2D eigenvalue weighted by Crippen LogP contribution is 2.29. The summed E-state index contributed by atoms with van der Waals surface area (Å²) in [5.74, 6) is 7.65. The van der Waals surface area contributed by atoms with E-state index < -0.39 is 0 Å². The van der Waals surface area contributed by atoms with Gasteiger partial charge in [-0.2, -0.15) is 0 Å². The first-order valence-electron chi connectivity index (χ1n) is 6.46. The van der Waals surface area contributed by atoms with Crippen molar-refractivity contribution in [3.8, 4) is 0 Å². The Balaban J connectivity index is 2.58. The second-order valence-corrected chi connectivity index (χ2v) is 4.91. The topological polar surface area (TPSA) is 62.4 Å². The van der Waals surface area contributed by atoms with E-state index >= 15 is 0 Å². The molecule has 0 aromatic carbocycles. The summed E-state index contributed by atoms with van der Waals surface area (Å²) in [6.45, 7) is 7.37. The molecule has 0 spiro atoms. The molecule has 0 bridgehead atoms. The van der Waals surface area contributed by atoms with E-state index in [2.05, 4.69) is 29.6 Å². The third kappa shape index (κ3) is 3.67. The van der Waals surface area contributed by atoms with Crippen LogP contribution >= 0.6 is 0 Å². The lowest BCUT2D eigenvalue weighted by Gasteiger charge is -2.35. The number of aliphatic imine (C=N–C) groups is 1. The van der Waals surface area contributed by atoms with Gasteiger partial charge in [0.15, 0.2) is 0 Å². The average Bonchev–Trinajstić information content (AvgIpc) is 2.29. The summed E-state index contributed by atoms with van der Waals surface area (Å²) in [5.41, 5.74) is 2.65. The molecule has 1 fully saturated rings. The van der Waals surface area contributed by atoms with Crippen molar-refractivity contribution in [1.82, 2.24) is 10.7 Å². The van der Waals surface area contributed by atoms with Crippen molar-refractivity contribution < 1.29 is 0 Å². The van der Waals surface area contributed by atoms with Crippen LogP contribution in [0.1, 0.15) is 46.5 Å². The Morgan fingerprint density at radius 2 is 2.06 bits per heavy atom. The van der Waals surface area contributed by atoms with Gasteiger partial charge in [0.1, 0.15) is 0 Å². The van der Waals surface area contributed by atoms with Gasteiger partial charge in [0.05, 0.1) is 0 Å². The number of hydrazine groups is 1. The fourth-order valence-corrected chi connectivity index (χ4v) is 2.60. The third-order valence-corrected chi connectivity index (χ3v) is 3.45. The Bertz CT molecular complexity index is 225. The van der Waals surface area contributed by atoms with E-state index in [-0.39, 0.29) is 0 Å². The molecule has 0 aliphatic heterocycles. The molecule has 2 unspecified atom stereocenters. The van der Waals surface area contributed by atoms with Crippen LogP contribution in [0.3, 0.4) is 0 Å². The lowest BCUT2D eigenvalue weighted by atomic mass is 9.78. The lowest BCUT2D eigenvalue weighted by Crippen LogP contribution is -2.50. The first-order valence-corrected chi connectivity index (χ1v) is 6.46. The van der Waals surface area contributed by atoms with E-state index in [0.717, 1.165) is 24.3 Å². The van der Waals surface area contributed by atoms with Crippen LogP contribution in [0, 0.1) is 11.8 Å². The van der Waals surface area contributed by atoms with E-state index in [1.54, 1.807) is 0 Å². The average molecular weight is 226 g/mol. The smallest absolute Gasteiger partial charge is 0.205 e. The van der Waals surface area contributed by atoms with E-state index in [4.69, 9.17) is 5.84 Å².